The fraction of sp³-hybridized carbons (Fsp3) is 0.286. The van der Waals surface area contributed by atoms with Gasteiger partial charge in [-0.05, 0) is 49.2 Å². The molecule has 0 aliphatic rings. The van der Waals surface area contributed by atoms with E-state index in [0.29, 0.717) is 11.3 Å². The van der Waals surface area contributed by atoms with Crippen LogP contribution in [0.2, 0.25) is 0 Å². The van der Waals surface area contributed by atoms with Gasteiger partial charge in [0.15, 0.2) is 0 Å². The van der Waals surface area contributed by atoms with E-state index in [1.807, 2.05) is 13.8 Å². The van der Waals surface area contributed by atoms with Gasteiger partial charge in [-0.3, -0.25) is 9.79 Å². The summed E-state index contributed by atoms with van der Waals surface area (Å²) < 4.78 is 0. The highest BCUT2D eigenvalue weighted by Gasteiger charge is 2.16. The van der Waals surface area contributed by atoms with E-state index < -0.39 is 11.5 Å². The van der Waals surface area contributed by atoms with E-state index in [0.717, 1.165) is 11.1 Å². The second-order valence-corrected chi connectivity index (χ2v) is 7.35. The number of aromatic carboxylic acids is 1. The number of aliphatic hydroxyl groups excluding tert-OH is 1. The first-order valence-electron chi connectivity index (χ1n) is 8.77. The molecule has 7 heteroatoms. The molecule has 0 aliphatic heterocycles. The van der Waals surface area contributed by atoms with Crippen LogP contribution in [0, 0.1) is 0 Å². The van der Waals surface area contributed by atoms with Crippen LogP contribution in [0.3, 0.4) is 0 Å². The molecule has 6 nitrogen and oxygen atoms in total. The van der Waals surface area contributed by atoms with E-state index in [2.05, 4.69) is 22.9 Å². The van der Waals surface area contributed by atoms with Crippen LogP contribution in [0.4, 0.5) is 0 Å². The number of hydrogen-bond acceptors (Lipinski definition) is 5. The van der Waals surface area contributed by atoms with Gasteiger partial charge in [0.1, 0.15) is 0 Å². The predicted molar refractivity (Wildman–Crippen MR) is 113 cm³/mol. The number of thiol groups is 1. The first-order valence-corrected chi connectivity index (χ1v) is 9.40. The lowest BCUT2D eigenvalue weighted by Gasteiger charge is -2.17. The molecule has 0 bridgehead atoms. The zero-order valence-corrected chi connectivity index (χ0v) is 16.7. The number of carbonyl (C=O) groups is 2. The Morgan fingerprint density at radius 2 is 1.68 bits per heavy atom. The minimum Gasteiger partial charge on any atom is -0.478 e. The smallest absolute Gasteiger partial charge is 0.335 e. The third-order valence-electron chi connectivity index (χ3n) is 4.17. The topological polar surface area (TPSA) is 99.0 Å². The first kappa shape index (κ1) is 21.7. The van der Waals surface area contributed by atoms with Gasteiger partial charge in [0, 0.05) is 17.5 Å². The van der Waals surface area contributed by atoms with E-state index in [4.69, 9.17) is 5.11 Å². The molecule has 0 heterocycles. The number of carboxylic acid groups (broad SMARTS) is 1. The average molecular weight is 401 g/mol. The molecule has 2 aromatic carbocycles. The summed E-state index contributed by atoms with van der Waals surface area (Å²) in [7, 11) is 0. The Kier molecular flexibility index (Phi) is 7.37. The maximum Gasteiger partial charge on any atom is 0.335 e. The molecule has 1 atom stereocenters. The largest absolute Gasteiger partial charge is 0.478 e. The average Bonchev–Trinajstić information content (AvgIpc) is 2.71. The van der Waals surface area contributed by atoms with Crippen LogP contribution >= 0.6 is 12.6 Å². The number of rotatable bonds is 8. The lowest BCUT2D eigenvalue weighted by atomic mass is 10.0. The number of nitrogens with one attached hydrogen (secondary N) is 1. The third-order valence-corrected chi connectivity index (χ3v) is 4.54. The summed E-state index contributed by atoms with van der Waals surface area (Å²) >= 11 is 4.29. The molecular weight excluding hydrogens is 376 g/mol. The van der Waals surface area contributed by atoms with Crippen LogP contribution in [0.25, 0.3) is 0 Å². The SMILES string of the molecule is CC(C)(CO)N=Cc1ccc(C(=O)NC(CS)c2ccc(C(=O)O)cc2)cc1. The molecule has 148 valence electrons. The van der Waals surface area contributed by atoms with Crippen molar-refractivity contribution in [3.63, 3.8) is 0 Å². The van der Waals surface area contributed by atoms with Crippen molar-refractivity contribution in [2.24, 2.45) is 4.99 Å². The molecule has 3 N–H and O–H groups in total. The minimum absolute atomic E-state index is 0.0530. The number of amides is 1. The Balaban J connectivity index is 2.07. The Morgan fingerprint density at radius 1 is 1.11 bits per heavy atom. The minimum atomic E-state index is -0.996. The van der Waals surface area contributed by atoms with E-state index in [1.165, 1.54) is 12.1 Å². The summed E-state index contributed by atoms with van der Waals surface area (Å²) in [4.78, 5) is 27.8. The van der Waals surface area contributed by atoms with Gasteiger partial charge in [-0.15, -0.1) is 0 Å². The molecule has 0 fully saturated rings. The van der Waals surface area contributed by atoms with Crippen LogP contribution in [0.15, 0.2) is 53.5 Å². The summed E-state index contributed by atoms with van der Waals surface area (Å²) in [6.45, 7) is 3.60. The Hall–Kier alpha value is -2.64. The van der Waals surface area contributed by atoms with Crippen molar-refractivity contribution in [2.75, 3.05) is 12.4 Å². The van der Waals surface area contributed by atoms with E-state index in [9.17, 15) is 14.7 Å². The van der Waals surface area contributed by atoms with Gasteiger partial charge in [-0.2, -0.15) is 12.6 Å². The molecule has 1 unspecified atom stereocenters. The van der Waals surface area contributed by atoms with Gasteiger partial charge in [-0.25, -0.2) is 4.79 Å². The number of aliphatic hydroxyl groups is 1. The number of benzene rings is 2. The zero-order valence-electron chi connectivity index (χ0n) is 15.8. The molecule has 0 radical (unpaired) electrons. The second-order valence-electron chi connectivity index (χ2n) is 6.99. The first-order chi connectivity index (χ1) is 13.3. The second kappa shape index (κ2) is 9.52. The molecule has 0 aromatic heterocycles. The molecule has 0 saturated heterocycles. The maximum absolute atomic E-state index is 12.5. The van der Waals surface area contributed by atoms with Crippen LogP contribution in [-0.4, -0.2) is 46.2 Å². The number of aliphatic imine (C=N–C) groups is 1. The Morgan fingerprint density at radius 3 is 2.18 bits per heavy atom. The lowest BCUT2D eigenvalue weighted by Crippen LogP contribution is -2.29. The molecule has 0 saturated carbocycles. The highest BCUT2D eigenvalue weighted by Crippen LogP contribution is 2.17. The number of nitrogens with zero attached hydrogens (tertiary/aromatic N) is 1. The summed E-state index contributed by atoms with van der Waals surface area (Å²) in [5, 5.41) is 21.1. The van der Waals surface area contributed by atoms with Gasteiger partial charge in [-0.1, -0.05) is 24.3 Å². The van der Waals surface area contributed by atoms with Gasteiger partial charge >= 0.3 is 5.97 Å². The van der Waals surface area contributed by atoms with Gasteiger partial charge in [0.05, 0.1) is 23.8 Å². The van der Waals surface area contributed by atoms with Crippen molar-refractivity contribution in [1.82, 2.24) is 5.32 Å². The number of carbonyl (C=O) groups excluding carboxylic acids is 1. The monoisotopic (exact) mass is 400 g/mol. The lowest BCUT2D eigenvalue weighted by molar-refractivity contribution is 0.0696. The molecule has 0 spiro atoms. The van der Waals surface area contributed by atoms with E-state index in [1.54, 1.807) is 42.6 Å². The normalized spacial score (nSPS) is 12.7. The van der Waals surface area contributed by atoms with Crippen molar-refractivity contribution < 1.29 is 19.8 Å². The van der Waals surface area contributed by atoms with E-state index in [-0.39, 0.29) is 24.1 Å². The van der Waals surface area contributed by atoms with E-state index >= 15 is 0 Å². The Labute approximate surface area is 169 Å². The van der Waals surface area contributed by atoms with Crippen LogP contribution in [-0.2, 0) is 0 Å². The Bertz CT molecular complexity index is 846. The maximum atomic E-state index is 12.5. The van der Waals surface area contributed by atoms with Crippen LogP contribution < -0.4 is 5.32 Å². The molecule has 2 aromatic rings. The van der Waals surface area contributed by atoms with Crippen LogP contribution in [0.5, 0.6) is 0 Å². The van der Waals surface area contributed by atoms with Crippen molar-refractivity contribution in [3.8, 4) is 0 Å². The van der Waals surface area contributed by atoms with Crippen LogP contribution in [0.1, 0.15) is 51.7 Å². The highest BCUT2D eigenvalue weighted by atomic mass is 32.1. The summed E-state index contributed by atoms with van der Waals surface area (Å²) in [6, 6.07) is 13.0. The molecule has 2 rings (SSSR count). The van der Waals surface area contributed by atoms with Crippen molar-refractivity contribution in [3.05, 3.63) is 70.8 Å². The summed E-state index contributed by atoms with van der Waals surface area (Å²) in [6.07, 6.45) is 1.67. The fourth-order valence-corrected chi connectivity index (χ4v) is 2.65. The van der Waals surface area contributed by atoms with Crippen molar-refractivity contribution >= 4 is 30.7 Å². The quantitative estimate of drug-likeness (QED) is 0.404. The number of hydrogen-bond donors (Lipinski definition) is 4. The molecular formula is C21H24N2O4S. The molecule has 1 amide bonds. The van der Waals surface area contributed by atoms with Gasteiger partial charge < -0.3 is 15.5 Å². The van der Waals surface area contributed by atoms with Crippen molar-refractivity contribution in [1.29, 1.82) is 0 Å². The zero-order chi connectivity index (χ0) is 20.7. The van der Waals surface area contributed by atoms with Gasteiger partial charge in [0.25, 0.3) is 5.91 Å². The molecule has 28 heavy (non-hydrogen) atoms. The van der Waals surface area contributed by atoms with Crippen molar-refractivity contribution in [2.45, 2.75) is 25.4 Å². The molecule has 0 aliphatic carbocycles. The third kappa shape index (κ3) is 5.94. The number of carboxylic acids is 1. The predicted octanol–water partition coefficient (Wildman–Crippen LogP) is 2.98. The van der Waals surface area contributed by atoms with Gasteiger partial charge in [0.2, 0.25) is 0 Å². The standard InChI is InChI=1S/C21H24N2O4S/c1-21(2,13-24)22-11-14-3-5-16(6-4-14)19(25)23-18(12-28)15-7-9-17(10-8-15)20(26)27/h3-11,18,24,28H,12-13H2,1-2H3,(H,23,25)(H,26,27). The summed E-state index contributed by atoms with van der Waals surface area (Å²) in [5.41, 5.74) is 1.74. The highest BCUT2D eigenvalue weighted by molar-refractivity contribution is 7.80. The fourth-order valence-electron chi connectivity index (χ4n) is 2.34. The summed E-state index contributed by atoms with van der Waals surface area (Å²) in [5.74, 6) is -0.872.